The van der Waals surface area contributed by atoms with Gasteiger partial charge in [0.2, 0.25) is 0 Å². The van der Waals surface area contributed by atoms with Gasteiger partial charge < -0.3 is 31.2 Å². The van der Waals surface area contributed by atoms with Gasteiger partial charge in [0.25, 0.3) is 0 Å². The number of hydrogen-bond donors (Lipinski definition) is 1. The molecule has 0 aliphatic carbocycles. The van der Waals surface area contributed by atoms with Crippen LogP contribution in [0.25, 0.3) is 0 Å². The van der Waals surface area contributed by atoms with E-state index < -0.39 is 0 Å². The van der Waals surface area contributed by atoms with Gasteiger partial charge in [-0.15, -0.1) is 0 Å². The molecular formula is C6H14OS2Sn. The minimum atomic E-state index is 0. The van der Waals surface area contributed by atoms with E-state index in [2.05, 4.69) is 19.6 Å². The molecule has 4 heteroatoms. The van der Waals surface area contributed by atoms with E-state index >= 15 is 0 Å². The SMILES string of the molecule is CCC[CH2][Sn+3].OCC[S-].[S-2]. The van der Waals surface area contributed by atoms with Crippen LogP contribution in [-0.2, 0) is 26.1 Å². The van der Waals surface area contributed by atoms with E-state index in [1.54, 1.807) is 22.5 Å². The quantitative estimate of drug-likeness (QED) is 0.614. The van der Waals surface area contributed by atoms with Gasteiger partial charge in [-0.05, 0) is 0 Å². The third-order valence-corrected chi connectivity index (χ3v) is 1.81. The van der Waals surface area contributed by atoms with E-state index in [1.807, 2.05) is 0 Å². The topological polar surface area (TPSA) is 20.2 Å². The van der Waals surface area contributed by atoms with Gasteiger partial charge >= 0.3 is 46.7 Å². The van der Waals surface area contributed by atoms with Crippen LogP contribution in [0, 0.1) is 0 Å². The molecule has 0 atom stereocenters. The van der Waals surface area contributed by atoms with E-state index in [0.29, 0.717) is 5.75 Å². The standard InChI is InChI=1S/C4H9.C2H6OS.S.Sn/c1-3-4-2;3-1-2-4;;/h1,3-4H2,2H3;3-4H,1-2H2;;/q;;-2;+3/p-1. The molecule has 0 aliphatic rings. The van der Waals surface area contributed by atoms with Crippen molar-refractivity contribution in [2.75, 3.05) is 12.4 Å². The van der Waals surface area contributed by atoms with Crippen LogP contribution in [0.15, 0.2) is 0 Å². The van der Waals surface area contributed by atoms with Crippen LogP contribution in [0.2, 0.25) is 4.44 Å². The van der Waals surface area contributed by atoms with Crippen molar-refractivity contribution < 1.29 is 5.11 Å². The minimum absolute atomic E-state index is 0. The Balaban J connectivity index is -0.0000000910. The maximum Gasteiger partial charge on any atom is 0.0213 e. The summed E-state index contributed by atoms with van der Waals surface area (Å²) >= 11 is 5.99. The first kappa shape index (κ1) is 17.5. The van der Waals surface area contributed by atoms with Crippen LogP contribution in [0.5, 0.6) is 0 Å². The third kappa shape index (κ3) is 34.0. The summed E-state index contributed by atoms with van der Waals surface area (Å²) in [6.45, 7) is 2.36. The summed E-state index contributed by atoms with van der Waals surface area (Å²) in [6.07, 6.45) is 2.80. The Morgan fingerprint density at radius 1 is 1.50 bits per heavy atom. The van der Waals surface area contributed by atoms with Crippen molar-refractivity contribution in [1.82, 2.24) is 0 Å². The van der Waals surface area contributed by atoms with Gasteiger partial charge in [-0.2, -0.15) is 5.75 Å². The average Bonchev–Trinajstić information content (AvgIpc) is 1.91. The molecule has 0 saturated heterocycles. The van der Waals surface area contributed by atoms with E-state index in [9.17, 15) is 0 Å². The molecule has 0 fully saturated rings. The van der Waals surface area contributed by atoms with Crippen molar-refractivity contribution in [2.24, 2.45) is 0 Å². The van der Waals surface area contributed by atoms with Crippen LogP contribution in [0.1, 0.15) is 19.8 Å². The second-order valence-electron chi connectivity index (χ2n) is 1.53. The monoisotopic (exact) mass is 286 g/mol. The number of unbranched alkanes of at least 4 members (excludes halogenated alkanes) is 1. The van der Waals surface area contributed by atoms with E-state index in [0.717, 1.165) is 0 Å². The van der Waals surface area contributed by atoms with Crippen molar-refractivity contribution in [3.63, 3.8) is 0 Å². The first-order valence-electron chi connectivity index (χ1n) is 3.17. The Labute approximate surface area is 89.9 Å². The summed E-state index contributed by atoms with van der Waals surface area (Å²) in [7, 11) is 0. The predicted octanol–water partition coefficient (Wildman–Crippen LogP) is 0.896. The van der Waals surface area contributed by atoms with Crippen LogP contribution < -0.4 is 0 Å². The maximum atomic E-state index is 7.77. The van der Waals surface area contributed by atoms with E-state index in [1.165, 1.54) is 17.3 Å². The number of aliphatic hydroxyl groups is 1. The summed E-state index contributed by atoms with van der Waals surface area (Å²) in [6, 6.07) is 0. The molecule has 1 N–H and O–H groups in total. The fourth-order valence-corrected chi connectivity index (χ4v) is 1.19. The molecule has 0 bridgehead atoms. The zero-order chi connectivity index (χ0) is 7.54. The molecule has 0 aliphatic heterocycles. The Morgan fingerprint density at radius 2 is 1.90 bits per heavy atom. The Hall–Kier alpha value is 1.46. The number of aliphatic hydroxyl groups excluding tert-OH is 1. The second kappa shape index (κ2) is 22.4. The molecule has 0 aromatic rings. The molecule has 0 amide bonds. The Kier molecular flexibility index (Phi) is 39.3. The average molecular weight is 285 g/mol. The van der Waals surface area contributed by atoms with Gasteiger partial charge in [0, 0.05) is 6.61 Å². The molecular weight excluding hydrogens is 271 g/mol. The van der Waals surface area contributed by atoms with Crippen molar-refractivity contribution in [3.05, 3.63) is 0 Å². The zero-order valence-electron chi connectivity index (χ0n) is 6.30. The number of rotatable bonds is 3. The fraction of sp³-hybridized carbons (Fsp3) is 1.00. The molecule has 0 saturated carbocycles. The maximum absolute atomic E-state index is 7.77. The van der Waals surface area contributed by atoms with Crippen molar-refractivity contribution in [2.45, 2.75) is 24.2 Å². The molecule has 10 heavy (non-hydrogen) atoms. The van der Waals surface area contributed by atoms with Gasteiger partial charge in [0.05, 0.1) is 0 Å². The molecule has 1 nitrogen and oxygen atoms in total. The summed E-state index contributed by atoms with van der Waals surface area (Å²) in [5.74, 6) is 0.458. The largest absolute Gasteiger partial charge is 2.00 e. The van der Waals surface area contributed by atoms with Gasteiger partial charge in [-0.25, -0.2) is 0 Å². The smallest absolute Gasteiger partial charge is 0.0213 e. The van der Waals surface area contributed by atoms with Gasteiger partial charge in [-0.1, -0.05) is 0 Å². The normalized spacial score (nSPS) is 7.30. The summed E-state index contributed by atoms with van der Waals surface area (Å²) in [4.78, 5) is 0. The Morgan fingerprint density at radius 3 is 1.90 bits per heavy atom. The van der Waals surface area contributed by atoms with Crippen LogP contribution >= 0.6 is 0 Å². The van der Waals surface area contributed by atoms with Crippen molar-refractivity contribution >= 4 is 48.6 Å². The van der Waals surface area contributed by atoms with E-state index in [4.69, 9.17) is 5.11 Å². The minimum Gasteiger partial charge on any atom is -2.00 e. The predicted molar refractivity (Wildman–Crippen MR) is 52.2 cm³/mol. The first-order valence-corrected chi connectivity index (χ1v) is 5.76. The van der Waals surface area contributed by atoms with Crippen molar-refractivity contribution in [3.8, 4) is 0 Å². The summed E-state index contributed by atoms with van der Waals surface area (Å²) in [5.41, 5.74) is 0. The third-order valence-electron chi connectivity index (χ3n) is 0.622. The second-order valence-corrected chi connectivity index (χ2v) is 3.37. The van der Waals surface area contributed by atoms with Crippen LogP contribution in [-0.4, -0.2) is 40.0 Å². The molecule has 0 rings (SSSR count). The number of hydrogen-bond acceptors (Lipinski definition) is 2. The first-order chi connectivity index (χ1) is 4.33. The van der Waals surface area contributed by atoms with E-state index in [-0.39, 0.29) is 20.1 Å². The fourth-order valence-electron chi connectivity index (χ4n) is 0.177. The zero-order valence-corrected chi connectivity index (χ0v) is 10.8. The van der Waals surface area contributed by atoms with Gasteiger partial charge in [-0.3, -0.25) is 0 Å². The summed E-state index contributed by atoms with van der Waals surface area (Å²) < 4.78 is 1.43. The molecule has 0 radical (unpaired) electrons. The van der Waals surface area contributed by atoms with Gasteiger partial charge in [0.1, 0.15) is 0 Å². The molecule has 0 spiro atoms. The molecule has 0 unspecified atom stereocenters. The molecule has 0 aromatic carbocycles. The van der Waals surface area contributed by atoms with Crippen molar-refractivity contribution in [1.29, 1.82) is 0 Å². The summed E-state index contributed by atoms with van der Waals surface area (Å²) in [5, 5.41) is 7.77. The molecule has 0 heterocycles. The van der Waals surface area contributed by atoms with Crippen LogP contribution in [0.4, 0.5) is 0 Å². The molecule has 0 aromatic heterocycles. The van der Waals surface area contributed by atoms with Crippen LogP contribution in [0.3, 0.4) is 0 Å². The van der Waals surface area contributed by atoms with Gasteiger partial charge in [0.15, 0.2) is 0 Å². The Bertz CT molecular complexity index is 34.9. The molecule has 60 valence electrons.